The number of hydrogen-bond acceptors (Lipinski definition) is 3. The number of nitrogens with one attached hydrogen (secondary N) is 1. The van der Waals surface area contributed by atoms with Gasteiger partial charge in [0.15, 0.2) is 0 Å². The normalized spacial score (nSPS) is 13.6. The number of fused-ring (bicyclic) bond motifs is 1. The van der Waals surface area contributed by atoms with Gasteiger partial charge >= 0.3 is 6.18 Å². The molecular formula is C23H19F3N2O2S. The van der Waals surface area contributed by atoms with Crippen molar-refractivity contribution in [1.82, 2.24) is 10.2 Å². The number of carbonyl (C=O) groups excluding carboxylic acids is 2. The zero-order chi connectivity index (χ0) is 22.0. The van der Waals surface area contributed by atoms with Crippen LogP contribution < -0.4 is 5.32 Å². The van der Waals surface area contributed by atoms with Gasteiger partial charge in [-0.3, -0.25) is 9.59 Å². The van der Waals surface area contributed by atoms with Crippen molar-refractivity contribution < 1.29 is 22.8 Å². The van der Waals surface area contributed by atoms with E-state index in [1.54, 1.807) is 29.2 Å². The number of amides is 2. The minimum Gasteiger partial charge on any atom is -0.347 e. The molecule has 2 heterocycles. The van der Waals surface area contributed by atoms with Gasteiger partial charge in [-0.1, -0.05) is 30.3 Å². The Morgan fingerprint density at radius 2 is 1.81 bits per heavy atom. The molecule has 1 aromatic heterocycles. The van der Waals surface area contributed by atoms with Crippen LogP contribution in [0.5, 0.6) is 0 Å². The molecule has 0 saturated carbocycles. The number of alkyl halides is 3. The summed E-state index contributed by atoms with van der Waals surface area (Å²) in [5, 5.41) is 2.69. The van der Waals surface area contributed by atoms with Gasteiger partial charge in [-0.05, 0) is 47.9 Å². The van der Waals surface area contributed by atoms with Gasteiger partial charge in [-0.25, -0.2) is 0 Å². The summed E-state index contributed by atoms with van der Waals surface area (Å²) in [5.41, 5.74) is 1.20. The van der Waals surface area contributed by atoms with Crippen molar-refractivity contribution in [3.05, 3.63) is 92.7 Å². The second kappa shape index (κ2) is 8.55. The Hall–Kier alpha value is -3.13. The molecule has 31 heavy (non-hydrogen) atoms. The van der Waals surface area contributed by atoms with Crippen molar-refractivity contribution >= 4 is 23.2 Å². The third-order valence-electron chi connectivity index (χ3n) is 5.11. The summed E-state index contributed by atoms with van der Waals surface area (Å²) in [6.45, 7) is 1.01. The molecule has 1 N–H and O–H groups in total. The fraction of sp³-hybridized carbons (Fsp3) is 0.217. The van der Waals surface area contributed by atoms with Crippen LogP contribution in [0, 0.1) is 0 Å². The van der Waals surface area contributed by atoms with E-state index >= 15 is 0 Å². The van der Waals surface area contributed by atoms with E-state index in [1.165, 1.54) is 17.4 Å². The van der Waals surface area contributed by atoms with E-state index in [0.29, 0.717) is 35.5 Å². The minimum absolute atomic E-state index is 0.00391. The molecule has 3 aromatic rings. The summed E-state index contributed by atoms with van der Waals surface area (Å²) in [7, 11) is 0. The molecule has 4 rings (SSSR count). The van der Waals surface area contributed by atoms with Gasteiger partial charge < -0.3 is 10.2 Å². The van der Waals surface area contributed by atoms with Gasteiger partial charge in [0.2, 0.25) is 0 Å². The Kier molecular flexibility index (Phi) is 5.82. The molecule has 2 amide bonds. The summed E-state index contributed by atoms with van der Waals surface area (Å²) in [6.07, 6.45) is -3.75. The standard InChI is InChI=1S/C23H19F3N2O2S/c24-23(25,26)18-8-4-5-15(11-18)13-27-21(29)20-12-17-14-28(10-9-19(17)31-20)22(30)16-6-2-1-3-7-16/h1-8,11-12H,9-10,13-14H2,(H,27,29). The first-order valence-corrected chi connectivity index (χ1v) is 10.5. The van der Waals surface area contributed by atoms with Crippen molar-refractivity contribution in [1.29, 1.82) is 0 Å². The highest BCUT2D eigenvalue weighted by Gasteiger charge is 2.30. The smallest absolute Gasteiger partial charge is 0.347 e. The largest absolute Gasteiger partial charge is 0.416 e. The summed E-state index contributed by atoms with van der Waals surface area (Å²) in [5.74, 6) is -0.384. The molecule has 0 spiro atoms. The number of nitrogens with zero attached hydrogens (tertiary/aromatic N) is 1. The quantitative estimate of drug-likeness (QED) is 0.623. The lowest BCUT2D eigenvalue weighted by Crippen LogP contribution is -2.35. The van der Waals surface area contributed by atoms with Gasteiger partial charge in [0.05, 0.1) is 10.4 Å². The van der Waals surface area contributed by atoms with Crippen LogP contribution in [0.1, 0.15) is 41.6 Å². The SMILES string of the molecule is O=C(NCc1cccc(C(F)(F)F)c1)c1cc2c(s1)CCN(C(=O)c1ccccc1)C2. The van der Waals surface area contributed by atoms with E-state index in [1.807, 2.05) is 18.2 Å². The highest BCUT2D eigenvalue weighted by molar-refractivity contribution is 7.14. The molecule has 1 aliphatic heterocycles. The van der Waals surface area contributed by atoms with Gasteiger partial charge in [-0.15, -0.1) is 11.3 Å². The van der Waals surface area contributed by atoms with Crippen LogP contribution in [0.4, 0.5) is 13.2 Å². The molecular weight excluding hydrogens is 425 g/mol. The number of hydrogen-bond donors (Lipinski definition) is 1. The van der Waals surface area contributed by atoms with Crippen LogP contribution in [0.3, 0.4) is 0 Å². The Morgan fingerprint density at radius 3 is 2.55 bits per heavy atom. The van der Waals surface area contributed by atoms with E-state index in [0.717, 1.165) is 22.6 Å². The molecule has 0 radical (unpaired) electrons. The monoisotopic (exact) mass is 444 g/mol. The van der Waals surface area contributed by atoms with E-state index in [-0.39, 0.29) is 18.4 Å². The van der Waals surface area contributed by atoms with Crippen LogP contribution in [0.15, 0.2) is 60.7 Å². The highest BCUT2D eigenvalue weighted by Crippen LogP contribution is 2.30. The zero-order valence-corrected chi connectivity index (χ0v) is 17.2. The van der Waals surface area contributed by atoms with E-state index in [2.05, 4.69) is 5.32 Å². The Morgan fingerprint density at radius 1 is 1.03 bits per heavy atom. The third kappa shape index (κ3) is 4.80. The first kappa shape index (κ1) is 21.1. The van der Waals surface area contributed by atoms with Crippen LogP contribution in [0.25, 0.3) is 0 Å². The van der Waals surface area contributed by atoms with Crippen LogP contribution in [-0.4, -0.2) is 23.3 Å². The number of benzene rings is 2. The predicted octanol–water partition coefficient (Wildman–Crippen LogP) is 4.90. The molecule has 160 valence electrons. The van der Waals surface area contributed by atoms with Gasteiger partial charge in [0.1, 0.15) is 0 Å². The maximum Gasteiger partial charge on any atom is 0.416 e. The van der Waals surface area contributed by atoms with E-state index in [4.69, 9.17) is 0 Å². The second-order valence-corrected chi connectivity index (χ2v) is 8.42. The molecule has 0 bridgehead atoms. The topological polar surface area (TPSA) is 49.4 Å². The maximum atomic E-state index is 12.8. The van der Waals surface area contributed by atoms with Crippen LogP contribution in [-0.2, 0) is 25.7 Å². The van der Waals surface area contributed by atoms with Gasteiger partial charge in [-0.2, -0.15) is 13.2 Å². The zero-order valence-electron chi connectivity index (χ0n) is 16.4. The van der Waals surface area contributed by atoms with Crippen molar-refractivity contribution in [2.45, 2.75) is 25.7 Å². The van der Waals surface area contributed by atoms with Crippen LogP contribution in [0.2, 0.25) is 0 Å². The molecule has 8 heteroatoms. The Balaban J connectivity index is 1.41. The Bertz CT molecular complexity index is 1110. The first-order chi connectivity index (χ1) is 14.8. The molecule has 4 nitrogen and oxygen atoms in total. The van der Waals surface area contributed by atoms with Crippen molar-refractivity contribution in [2.75, 3.05) is 6.54 Å². The minimum atomic E-state index is -4.42. The lowest BCUT2D eigenvalue weighted by atomic mass is 10.1. The van der Waals surface area contributed by atoms with E-state index in [9.17, 15) is 22.8 Å². The summed E-state index contributed by atoms with van der Waals surface area (Å²) >= 11 is 1.37. The molecule has 0 unspecified atom stereocenters. The average Bonchev–Trinajstić information content (AvgIpc) is 3.21. The molecule has 1 aliphatic rings. The second-order valence-electron chi connectivity index (χ2n) is 7.28. The first-order valence-electron chi connectivity index (χ1n) is 9.71. The molecule has 0 atom stereocenters. The number of carbonyl (C=O) groups is 2. The average molecular weight is 444 g/mol. The fourth-order valence-electron chi connectivity index (χ4n) is 3.51. The van der Waals surface area contributed by atoms with Crippen molar-refractivity contribution in [3.8, 4) is 0 Å². The molecule has 0 fully saturated rings. The maximum absolute atomic E-state index is 12.8. The van der Waals surface area contributed by atoms with Gasteiger partial charge in [0, 0.05) is 30.1 Å². The Labute approximate surface area is 181 Å². The molecule has 0 saturated heterocycles. The lowest BCUT2D eigenvalue weighted by Gasteiger charge is -2.27. The summed E-state index contributed by atoms with van der Waals surface area (Å²) in [6, 6.07) is 15.7. The lowest BCUT2D eigenvalue weighted by molar-refractivity contribution is -0.137. The van der Waals surface area contributed by atoms with Gasteiger partial charge in [0.25, 0.3) is 11.8 Å². The highest BCUT2D eigenvalue weighted by atomic mass is 32.1. The predicted molar refractivity (Wildman–Crippen MR) is 112 cm³/mol. The summed E-state index contributed by atoms with van der Waals surface area (Å²) in [4.78, 5) is 28.5. The number of halogens is 3. The third-order valence-corrected chi connectivity index (χ3v) is 6.34. The number of rotatable bonds is 4. The van der Waals surface area contributed by atoms with Crippen molar-refractivity contribution in [2.24, 2.45) is 0 Å². The van der Waals surface area contributed by atoms with E-state index < -0.39 is 11.7 Å². The summed E-state index contributed by atoms with van der Waals surface area (Å²) < 4.78 is 38.5. The van der Waals surface area contributed by atoms with Crippen molar-refractivity contribution in [3.63, 3.8) is 0 Å². The van der Waals surface area contributed by atoms with Crippen LogP contribution >= 0.6 is 11.3 Å². The molecule has 0 aliphatic carbocycles. The number of thiophene rings is 1. The molecule has 2 aromatic carbocycles. The fourth-order valence-corrected chi connectivity index (χ4v) is 4.59.